The number of nitrogens with one attached hydrogen (secondary N) is 1. The first kappa shape index (κ1) is 24.2. The van der Waals surface area contributed by atoms with Crippen molar-refractivity contribution in [2.24, 2.45) is 5.92 Å². The molecular formula is C26H31ClN4O3. The first-order chi connectivity index (χ1) is 16.5. The minimum Gasteiger partial charge on any atom is -0.385 e. The molecule has 2 aromatic carbocycles. The van der Waals surface area contributed by atoms with Crippen molar-refractivity contribution in [1.82, 2.24) is 9.55 Å². The smallest absolute Gasteiger partial charge is 0.259 e. The lowest BCUT2D eigenvalue weighted by Crippen LogP contribution is -2.27. The first-order valence-corrected chi connectivity index (χ1v) is 12.2. The Kier molecular flexibility index (Phi) is 7.85. The molecule has 34 heavy (non-hydrogen) atoms. The van der Waals surface area contributed by atoms with Crippen molar-refractivity contribution >= 4 is 46.1 Å². The van der Waals surface area contributed by atoms with Crippen LogP contribution in [0, 0.1) is 5.92 Å². The summed E-state index contributed by atoms with van der Waals surface area (Å²) >= 11 is 6.21. The van der Waals surface area contributed by atoms with Gasteiger partial charge in [-0.2, -0.15) is 0 Å². The molecule has 4 rings (SSSR count). The molecule has 0 saturated heterocycles. The van der Waals surface area contributed by atoms with Crippen molar-refractivity contribution in [1.29, 1.82) is 0 Å². The molecule has 1 heterocycles. The monoisotopic (exact) mass is 482 g/mol. The molecule has 2 amide bonds. The molecule has 1 saturated carbocycles. The summed E-state index contributed by atoms with van der Waals surface area (Å²) in [6.07, 6.45) is 6.06. The lowest BCUT2D eigenvalue weighted by Gasteiger charge is -2.19. The third-order valence-corrected chi connectivity index (χ3v) is 6.83. The number of hydrogen-bond donors (Lipinski definition) is 1. The second-order valence-corrected chi connectivity index (χ2v) is 9.25. The fraction of sp³-hybridized carbons (Fsp3) is 0.423. The average Bonchev–Trinajstić information content (AvgIpc) is 3.46. The molecule has 1 aliphatic carbocycles. The van der Waals surface area contributed by atoms with Gasteiger partial charge in [0, 0.05) is 39.4 Å². The van der Waals surface area contributed by atoms with Crippen LogP contribution in [-0.2, 0) is 16.1 Å². The van der Waals surface area contributed by atoms with E-state index < -0.39 is 0 Å². The van der Waals surface area contributed by atoms with Gasteiger partial charge in [0.05, 0.1) is 21.6 Å². The molecule has 0 spiro atoms. The Bertz CT molecular complexity index is 1170. The van der Waals surface area contributed by atoms with Crippen LogP contribution in [0.15, 0.2) is 42.5 Å². The van der Waals surface area contributed by atoms with Crippen LogP contribution in [0.25, 0.3) is 11.0 Å². The van der Waals surface area contributed by atoms with Gasteiger partial charge in [0.15, 0.2) is 0 Å². The summed E-state index contributed by atoms with van der Waals surface area (Å²) in [5, 5.41) is 3.29. The predicted molar refractivity (Wildman–Crippen MR) is 136 cm³/mol. The Morgan fingerprint density at radius 2 is 1.97 bits per heavy atom. The normalized spacial score (nSPS) is 14.0. The number of imidazole rings is 1. The number of halogens is 1. The molecule has 0 aliphatic heterocycles. The van der Waals surface area contributed by atoms with E-state index in [9.17, 15) is 9.59 Å². The topological polar surface area (TPSA) is 76.5 Å². The Balaban J connectivity index is 1.60. The highest BCUT2D eigenvalue weighted by Gasteiger charge is 2.22. The van der Waals surface area contributed by atoms with Gasteiger partial charge in [-0.15, -0.1) is 0 Å². The van der Waals surface area contributed by atoms with Crippen LogP contribution in [0.5, 0.6) is 0 Å². The molecule has 1 aromatic heterocycles. The molecule has 8 heteroatoms. The van der Waals surface area contributed by atoms with Crippen molar-refractivity contribution in [3.8, 4) is 0 Å². The second-order valence-electron chi connectivity index (χ2n) is 8.85. The maximum atomic E-state index is 12.9. The number of anilines is 2. The molecule has 3 aromatic rings. The first-order valence-electron chi connectivity index (χ1n) is 11.8. The van der Waals surface area contributed by atoms with Gasteiger partial charge >= 0.3 is 0 Å². The molecular weight excluding hydrogens is 452 g/mol. The van der Waals surface area contributed by atoms with Crippen molar-refractivity contribution in [3.05, 3.63) is 53.1 Å². The van der Waals surface area contributed by atoms with Gasteiger partial charge in [-0.25, -0.2) is 4.98 Å². The van der Waals surface area contributed by atoms with Crippen molar-refractivity contribution < 1.29 is 14.3 Å². The second kappa shape index (κ2) is 11.0. The quantitative estimate of drug-likeness (QED) is 0.407. The molecule has 1 N–H and O–H groups in total. The van der Waals surface area contributed by atoms with Gasteiger partial charge in [0.1, 0.15) is 0 Å². The van der Waals surface area contributed by atoms with E-state index in [-0.39, 0.29) is 11.8 Å². The fourth-order valence-electron chi connectivity index (χ4n) is 4.57. The molecule has 1 aliphatic rings. The van der Waals surface area contributed by atoms with Gasteiger partial charge in [0.25, 0.3) is 5.91 Å². The van der Waals surface area contributed by atoms with E-state index in [1.807, 2.05) is 29.8 Å². The van der Waals surface area contributed by atoms with E-state index in [4.69, 9.17) is 21.3 Å². The van der Waals surface area contributed by atoms with Gasteiger partial charge in [0.2, 0.25) is 11.9 Å². The van der Waals surface area contributed by atoms with Crippen LogP contribution in [-0.4, -0.2) is 42.1 Å². The number of amides is 2. The van der Waals surface area contributed by atoms with Gasteiger partial charge in [-0.05, 0) is 55.5 Å². The summed E-state index contributed by atoms with van der Waals surface area (Å²) in [7, 11) is 3.48. The summed E-state index contributed by atoms with van der Waals surface area (Å²) in [6, 6.07) is 12.7. The number of carbonyl (C=O) groups excluding carboxylic acids is 2. The van der Waals surface area contributed by atoms with E-state index in [1.165, 1.54) is 12.8 Å². The number of ether oxygens (including phenoxy) is 1. The largest absolute Gasteiger partial charge is 0.385 e. The lowest BCUT2D eigenvalue weighted by atomic mass is 10.0. The number of hydrogen-bond acceptors (Lipinski definition) is 4. The number of carbonyl (C=O) groups is 2. The van der Waals surface area contributed by atoms with Gasteiger partial charge in [-0.3, -0.25) is 14.9 Å². The van der Waals surface area contributed by atoms with Crippen LogP contribution < -0.4 is 10.2 Å². The zero-order chi connectivity index (χ0) is 24.1. The van der Waals surface area contributed by atoms with Crippen LogP contribution in [0.1, 0.15) is 48.9 Å². The highest BCUT2D eigenvalue weighted by atomic mass is 35.5. The number of aromatic nitrogens is 2. The third-order valence-electron chi connectivity index (χ3n) is 6.51. The van der Waals surface area contributed by atoms with Gasteiger partial charge < -0.3 is 14.2 Å². The Hall–Kier alpha value is -2.90. The Morgan fingerprint density at radius 3 is 2.71 bits per heavy atom. The van der Waals surface area contributed by atoms with E-state index in [0.717, 1.165) is 30.5 Å². The lowest BCUT2D eigenvalue weighted by molar-refractivity contribution is -0.119. The van der Waals surface area contributed by atoms with Crippen LogP contribution in [0.2, 0.25) is 5.02 Å². The van der Waals surface area contributed by atoms with Gasteiger partial charge in [-0.1, -0.05) is 36.6 Å². The number of rotatable bonds is 9. The molecule has 0 bridgehead atoms. The van der Waals surface area contributed by atoms with Crippen LogP contribution >= 0.6 is 11.6 Å². The summed E-state index contributed by atoms with van der Waals surface area (Å²) in [5.74, 6) is 0.731. The highest BCUT2D eigenvalue weighted by molar-refractivity contribution is 6.34. The van der Waals surface area contributed by atoms with Crippen LogP contribution in [0.3, 0.4) is 0 Å². The van der Waals surface area contributed by atoms with E-state index in [1.54, 1.807) is 36.3 Å². The van der Waals surface area contributed by atoms with Crippen molar-refractivity contribution in [2.45, 2.75) is 45.1 Å². The fourth-order valence-corrected chi connectivity index (χ4v) is 4.79. The highest BCUT2D eigenvalue weighted by Crippen LogP contribution is 2.30. The van der Waals surface area contributed by atoms with E-state index >= 15 is 0 Å². The molecule has 0 unspecified atom stereocenters. The molecule has 1 fully saturated rings. The van der Waals surface area contributed by atoms with E-state index in [2.05, 4.69) is 5.32 Å². The summed E-state index contributed by atoms with van der Waals surface area (Å²) < 4.78 is 7.17. The average molecular weight is 483 g/mol. The molecule has 7 nitrogen and oxygen atoms in total. The van der Waals surface area contributed by atoms with Crippen molar-refractivity contribution in [3.63, 3.8) is 0 Å². The van der Waals surface area contributed by atoms with Crippen LogP contribution in [0.4, 0.5) is 11.6 Å². The SMILES string of the molecule is COCCCn1c(NC(=O)c2ccccc2Cl)nc2cc(N(C)C(=O)CC3CCCC3)ccc21. The number of benzene rings is 2. The summed E-state index contributed by atoms with van der Waals surface area (Å²) in [5.41, 5.74) is 2.77. The molecule has 0 atom stereocenters. The molecule has 0 radical (unpaired) electrons. The zero-order valence-electron chi connectivity index (χ0n) is 19.7. The summed E-state index contributed by atoms with van der Waals surface area (Å²) in [6.45, 7) is 1.21. The Labute approximate surface area is 205 Å². The standard InChI is InChI=1S/C26H31ClN4O3/c1-30(24(32)16-18-8-3-4-9-18)19-12-13-23-22(17-19)28-26(31(23)14-7-15-34-2)29-25(33)20-10-5-6-11-21(20)27/h5-6,10-13,17-18H,3-4,7-9,14-16H2,1-2H3,(H,28,29,33). The maximum Gasteiger partial charge on any atom is 0.259 e. The number of nitrogens with zero attached hydrogens (tertiary/aromatic N) is 3. The number of fused-ring (bicyclic) bond motifs is 1. The third kappa shape index (κ3) is 5.42. The number of aryl methyl sites for hydroxylation is 1. The predicted octanol–water partition coefficient (Wildman–Crippen LogP) is 5.52. The minimum atomic E-state index is -0.321. The Morgan fingerprint density at radius 1 is 1.21 bits per heavy atom. The molecule has 180 valence electrons. The summed E-state index contributed by atoms with van der Waals surface area (Å²) in [4.78, 5) is 32.1. The minimum absolute atomic E-state index is 0.123. The zero-order valence-corrected chi connectivity index (χ0v) is 20.5. The maximum absolute atomic E-state index is 12.9. The van der Waals surface area contributed by atoms with Crippen molar-refractivity contribution in [2.75, 3.05) is 31.0 Å². The number of methoxy groups -OCH3 is 1. The van der Waals surface area contributed by atoms with E-state index in [0.29, 0.717) is 47.5 Å².